The molecule has 0 aliphatic carbocycles. The first-order chi connectivity index (χ1) is 31.9. The summed E-state index contributed by atoms with van der Waals surface area (Å²) in [6, 6.07) is 35.2. The fourth-order valence-corrected chi connectivity index (χ4v) is 8.97. The van der Waals surface area contributed by atoms with Crippen LogP contribution in [0.1, 0.15) is 106 Å². The fraction of sp³-hybridized carbons (Fsp3) is 0.310. The van der Waals surface area contributed by atoms with E-state index in [2.05, 4.69) is 177 Å². The van der Waals surface area contributed by atoms with Crippen molar-refractivity contribution in [1.29, 1.82) is 0 Å². The number of aromatic hydroxyl groups is 2. The minimum Gasteiger partial charge on any atom is -0.505 e. The monoisotopic (exact) mass is 902 g/mol. The molecule has 0 aliphatic heterocycles. The molecule has 0 spiro atoms. The van der Waals surface area contributed by atoms with E-state index in [0.717, 1.165) is 78.2 Å². The van der Waals surface area contributed by atoms with E-state index in [0.29, 0.717) is 34.2 Å². The molecule has 10 heteroatoms. The Morgan fingerprint density at radius 1 is 0.397 bits per heavy atom. The molecule has 10 nitrogen and oxygen atoms in total. The molecular weight excluding hydrogens is 841 g/mol. The number of aryl methyl sites for hydroxylation is 2. The van der Waals surface area contributed by atoms with Crippen LogP contribution in [0.3, 0.4) is 0 Å². The van der Waals surface area contributed by atoms with Crippen molar-refractivity contribution in [2.75, 3.05) is 0 Å². The van der Waals surface area contributed by atoms with Gasteiger partial charge in [0.25, 0.3) is 0 Å². The van der Waals surface area contributed by atoms with Crippen LogP contribution in [0.15, 0.2) is 109 Å². The number of nitrogens with zero attached hydrogens (tertiary/aromatic N) is 8. The Labute approximate surface area is 399 Å². The van der Waals surface area contributed by atoms with E-state index >= 15 is 0 Å². The molecule has 5 heterocycles. The Bertz CT molecular complexity index is 3220. The number of hydrogen-bond donors (Lipinski definition) is 2. The van der Waals surface area contributed by atoms with Gasteiger partial charge in [-0.3, -0.25) is 9.97 Å². The van der Waals surface area contributed by atoms with Gasteiger partial charge in [0, 0.05) is 69.4 Å². The largest absolute Gasteiger partial charge is 0.505 e. The standard InChI is InChI=1S/C58H62N8O2/c1-55(2,3)45-29-39(49(67)51(61-45)57(7,8)9)53-63-47-37(23-17-25-43(47)65(53)13)33-19-15-21-35(27-33)41-31-42(60-32-59-41)36-22-16-20-34(28-36)38-24-18-26-44-48(38)64-54(66(44)14)40-30-46(56(4,5)6)62-52(50(40)68)58(10,11)12/h15-32,67-68H,1-14H3. The second-order valence-electron chi connectivity index (χ2n) is 22.3. The van der Waals surface area contributed by atoms with Crippen LogP contribution in [-0.4, -0.2) is 49.3 Å². The average molecular weight is 903 g/mol. The number of aromatic nitrogens is 8. The molecule has 68 heavy (non-hydrogen) atoms. The number of hydrogen-bond acceptors (Lipinski definition) is 8. The van der Waals surface area contributed by atoms with Gasteiger partial charge in [0.2, 0.25) is 0 Å². The summed E-state index contributed by atoms with van der Waals surface area (Å²) in [4.78, 5) is 30.0. The van der Waals surface area contributed by atoms with E-state index in [1.807, 2.05) is 32.3 Å². The summed E-state index contributed by atoms with van der Waals surface area (Å²) in [6.45, 7) is 25.3. The number of pyridine rings is 2. The molecule has 2 N–H and O–H groups in total. The quantitative estimate of drug-likeness (QED) is 0.169. The number of benzene rings is 4. The van der Waals surface area contributed by atoms with Crippen molar-refractivity contribution in [3.63, 3.8) is 0 Å². The first-order valence-electron chi connectivity index (χ1n) is 23.4. The van der Waals surface area contributed by atoms with Gasteiger partial charge in [-0.2, -0.15) is 0 Å². The van der Waals surface area contributed by atoms with Gasteiger partial charge in [0.05, 0.1) is 56.0 Å². The molecule has 0 saturated carbocycles. The lowest BCUT2D eigenvalue weighted by atomic mass is 9.85. The van der Waals surface area contributed by atoms with Crippen molar-refractivity contribution in [3.05, 3.63) is 132 Å². The Hall–Kier alpha value is -7.20. The highest BCUT2D eigenvalue weighted by Crippen LogP contribution is 2.44. The summed E-state index contributed by atoms with van der Waals surface area (Å²) in [7, 11) is 4.01. The predicted molar refractivity (Wildman–Crippen MR) is 277 cm³/mol. The summed E-state index contributed by atoms with van der Waals surface area (Å²) < 4.78 is 4.12. The maximum atomic E-state index is 11.8. The summed E-state index contributed by atoms with van der Waals surface area (Å²) in [5.41, 5.74) is 14.2. The van der Waals surface area contributed by atoms with Gasteiger partial charge in [0.1, 0.15) is 29.5 Å². The predicted octanol–water partition coefficient (Wildman–Crippen LogP) is 13.6. The molecule has 0 fully saturated rings. The zero-order valence-corrected chi connectivity index (χ0v) is 41.9. The van der Waals surface area contributed by atoms with E-state index in [4.69, 9.17) is 29.9 Å². The van der Waals surface area contributed by atoms with Crippen molar-refractivity contribution in [3.8, 4) is 79.0 Å². The molecule has 5 aromatic heterocycles. The van der Waals surface area contributed by atoms with Crippen molar-refractivity contribution in [2.45, 2.75) is 105 Å². The summed E-state index contributed by atoms with van der Waals surface area (Å²) >= 11 is 0. The van der Waals surface area contributed by atoms with E-state index in [1.54, 1.807) is 6.33 Å². The first-order valence-corrected chi connectivity index (χ1v) is 23.4. The Kier molecular flexibility index (Phi) is 11.0. The third-order valence-electron chi connectivity index (χ3n) is 12.9. The Morgan fingerprint density at radius 2 is 0.765 bits per heavy atom. The number of rotatable bonds is 6. The minimum absolute atomic E-state index is 0.159. The number of fused-ring (bicyclic) bond motifs is 2. The van der Waals surface area contributed by atoms with E-state index < -0.39 is 0 Å². The van der Waals surface area contributed by atoms with Crippen LogP contribution in [0.5, 0.6) is 11.5 Å². The highest BCUT2D eigenvalue weighted by Gasteiger charge is 2.31. The maximum Gasteiger partial charge on any atom is 0.148 e. The van der Waals surface area contributed by atoms with Crippen molar-refractivity contribution >= 4 is 22.1 Å². The highest BCUT2D eigenvalue weighted by atomic mass is 16.3. The summed E-state index contributed by atoms with van der Waals surface area (Å²) in [5.74, 6) is 1.68. The zero-order valence-electron chi connectivity index (χ0n) is 41.9. The zero-order chi connectivity index (χ0) is 48.8. The summed E-state index contributed by atoms with van der Waals surface area (Å²) in [6.07, 6.45) is 1.62. The van der Waals surface area contributed by atoms with E-state index in [1.165, 1.54) is 0 Å². The summed E-state index contributed by atoms with van der Waals surface area (Å²) in [5, 5.41) is 23.5. The van der Waals surface area contributed by atoms with Crippen LogP contribution in [0.2, 0.25) is 0 Å². The van der Waals surface area contributed by atoms with Crippen LogP contribution < -0.4 is 0 Å². The lowest BCUT2D eigenvalue weighted by molar-refractivity contribution is 0.432. The second kappa shape index (κ2) is 16.2. The van der Waals surface area contributed by atoms with Gasteiger partial charge >= 0.3 is 0 Å². The van der Waals surface area contributed by atoms with Crippen LogP contribution >= 0.6 is 0 Å². The van der Waals surface area contributed by atoms with E-state index in [9.17, 15) is 10.2 Å². The van der Waals surface area contributed by atoms with Crippen molar-refractivity contribution in [2.24, 2.45) is 14.1 Å². The van der Waals surface area contributed by atoms with Crippen LogP contribution in [-0.2, 0) is 35.8 Å². The molecule has 346 valence electrons. The molecule has 0 amide bonds. The minimum atomic E-state index is -0.374. The molecule has 0 atom stereocenters. The fourth-order valence-electron chi connectivity index (χ4n) is 8.97. The third-order valence-corrected chi connectivity index (χ3v) is 12.9. The smallest absolute Gasteiger partial charge is 0.148 e. The van der Waals surface area contributed by atoms with Gasteiger partial charge in [-0.25, -0.2) is 19.9 Å². The Morgan fingerprint density at radius 3 is 1.13 bits per heavy atom. The molecule has 0 unspecified atom stereocenters. The SMILES string of the molecule is Cn1c(-c2cc(C(C)(C)C)nc(C(C)(C)C)c2O)nc2c(-c3cccc(-c4cc(-c5cccc(-c6cccc7c6nc(-c6cc(C(C)(C)C)nc(C(C)(C)C)c6O)n7C)c5)ncn4)c3)cccc21. The molecule has 9 rings (SSSR count). The highest BCUT2D eigenvalue weighted by molar-refractivity contribution is 5.97. The molecule has 0 saturated heterocycles. The second-order valence-corrected chi connectivity index (χ2v) is 22.3. The molecular formula is C58H62N8O2. The molecule has 4 aromatic carbocycles. The molecule has 0 aliphatic rings. The van der Waals surface area contributed by atoms with Crippen LogP contribution in [0.4, 0.5) is 0 Å². The molecule has 9 aromatic rings. The number of imidazole rings is 2. The maximum absolute atomic E-state index is 11.8. The van der Waals surface area contributed by atoms with Gasteiger partial charge in [-0.1, -0.05) is 144 Å². The van der Waals surface area contributed by atoms with Gasteiger partial charge in [-0.15, -0.1) is 0 Å². The van der Waals surface area contributed by atoms with Gasteiger partial charge in [-0.05, 0) is 53.6 Å². The Balaban J connectivity index is 1.08. The average Bonchev–Trinajstić information content (AvgIpc) is 3.80. The van der Waals surface area contributed by atoms with Crippen molar-refractivity contribution < 1.29 is 10.2 Å². The molecule has 0 radical (unpaired) electrons. The molecule has 0 bridgehead atoms. The first kappa shape index (κ1) is 45.9. The van der Waals surface area contributed by atoms with Crippen molar-refractivity contribution in [1.82, 2.24) is 39.0 Å². The van der Waals surface area contributed by atoms with Crippen LogP contribution in [0.25, 0.3) is 89.6 Å². The topological polar surface area (TPSA) is 128 Å². The van der Waals surface area contributed by atoms with Gasteiger partial charge in [0.15, 0.2) is 0 Å². The number of para-hydroxylation sites is 2. The lowest BCUT2D eigenvalue weighted by Crippen LogP contribution is -2.20. The van der Waals surface area contributed by atoms with Gasteiger partial charge < -0.3 is 19.3 Å². The normalized spacial score (nSPS) is 12.7. The van der Waals surface area contributed by atoms with Crippen LogP contribution in [0, 0.1) is 0 Å². The third kappa shape index (κ3) is 8.20. The van der Waals surface area contributed by atoms with E-state index in [-0.39, 0.29) is 33.2 Å². The lowest BCUT2D eigenvalue weighted by Gasteiger charge is -2.26.